The molecule has 0 radical (unpaired) electrons. The van der Waals surface area contributed by atoms with Crippen molar-refractivity contribution < 1.29 is 43.2 Å². The fourth-order valence-electron chi connectivity index (χ4n) is 6.99. The number of carbonyl (C=O) groups is 3. The highest BCUT2D eigenvalue weighted by molar-refractivity contribution is 5.93. The number of esters is 3. The molecule has 0 amide bonds. The average molecular weight is 406 g/mol. The van der Waals surface area contributed by atoms with Crippen molar-refractivity contribution in [1.82, 2.24) is 0 Å². The molecular weight excluding hydrogens is 384 g/mol. The molecule has 6 aliphatic heterocycles. The molecule has 0 aromatic rings. The van der Waals surface area contributed by atoms with Gasteiger partial charge in [-0.3, -0.25) is 9.59 Å². The Morgan fingerprint density at radius 3 is 2.59 bits per heavy atom. The standard InChI is InChI=1S/C20H22O9/c1-9-11-7-18(10-6-12(21)26-14(10)23)28-19-8-25-15(24)16(19,2)4-5-20(29-18,17(11,19)3)27-13(9)22/h6,9,11-12,21H,4-5,7-8H2,1-3H3/t9-,11+,12+,16-,17-,18-,19-,20+/m0/s1. The van der Waals surface area contributed by atoms with E-state index in [9.17, 15) is 19.5 Å². The molecule has 1 N–H and O–H groups in total. The van der Waals surface area contributed by atoms with E-state index in [1.165, 1.54) is 6.08 Å². The van der Waals surface area contributed by atoms with Gasteiger partial charge in [0.15, 0.2) is 0 Å². The molecule has 7 aliphatic rings. The fraction of sp³-hybridized carbons (Fsp3) is 0.750. The van der Waals surface area contributed by atoms with Crippen LogP contribution in [-0.2, 0) is 38.1 Å². The van der Waals surface area contributed by atoms with Gasteiger partial charge < -0.3 is 28.8 Å². The number of aliphatic hydroxyl groups excluding tert-OH is 1. The quantitative estimate of drug-likeness (QED) is 0.492. The van der Waals surface area contributed by atoms with E-state index in [4.69, 9.17) is 23.7 Å². The summed E-state index contributed by atoms with van der Waals surface area (Å²) in [6.45, 7) is 5.53. The Labute approximate surface area is 166 Å². The van der Waals surface area contributed by atoms with Crippen molar-refractivity contribution in [3.8, 4) is 0 Å². The first-order valence-corrected chi connectivity index (χ1v) is 9.96. The summed E-state index contributed by atoms with van der Waals surface area (Å²) in [7, 11) is 0. The summed E-state index contributed by atoms with van der Waals surface area (Å²) in [5, 5.41) is 9.86. The molecule has 0 aromatic heterocycles. The first-order chi connectivity index (χ1) is 13.5. The molecule has 29 heavy (non-hydrogen) atoms. The van der Waals surface area contributed by atoms with E-state index < -0.39 is 46.2 Å². The predicted octanol–water partition coefficient (Wildman–Crippen LogP) is 0.542. The van der Waals surface area contributed by atoms with Crippen LogP contribution in [0.1, 0.15) is 40.0 Å². The zero-order valence-corrected chi connectivity index (χ0v) is 16.4. The summed E-state index contributed by atoms with van der Waals surface area (Å²) in [4.78, 5) is 38.1. The van der Waals surface area contributed by atoms with E-state index in [2.05, 4.69) is 0 Å². The number of aliphatic hydroxyl groups is 1. The molecule has 0 unspecified atom stereocenters. The summed E-state index contributed by atoms with van der Waals surface area (Å²) in [5.74, 6) is -5.21. The van der Waals surface area contributed by atoms with E-state index >= 15 is 0 Å². The normalized spacial score (nSPS) is 57.0. The summed E-state index contributed by atoms with van der Waals surface area (Å²) >= 11 is 0. The van der Waals surface area contributed by atoms with Crippen molar-refractivity contribution in [2.24, 2.45) is 22.7 Å². The number of hydrogen-bond acceptors (Lipinski definition) is 9. The third-order valence-corrected chi connectivity index (χ3v) is 8.64. The lowest BCUT2D eigenvalue weighted by Crippen LogP contribution is -2.87. The third kappa shape index (κ3) is 1.56. The zero-order valence-electron chi connectivity index (χ0n) is 16.4. The average Bonchev–Trinajstić information content (AvgIpc) is 3.12. The van der Waals surface area contributed by atoms with Crippen LogP contribution < -0.4 is 0 Å². The lowest BCUT2D eigenvalue weighted by Gasteiger charge is -2.76. The topological polar surface area (TPSA) is 118 Å². The Morgan fingerprint density at radius 1 is 1.14 bits per heavy atom. The van der Waals surface area contributed by atoms with Gasteiger partial charge in [-0.15, -0.1) is 0 Å². The van der Waals surface area contributed by atoms with Crippen LogP contribution >= 0.6 is 0 Å². The van der Waals surface area contributed by atoms with Gasteiger partial charge in [0, 0.05) is 12.8 Å². The van der Waals surface area contributed by atoms with Crippen LogP contribution in [0.3, 0.4) is 0 Å². The first-order valence-electron chi connectivity index (χ1n) is 9.96. The fourth-order valence-corrected chi connectivity index (χ4v) is 6.99. The summed E-state index contributed by atoms with van der Waals surface area (Å²) in [6.07, 6.45) is 0.703. The molecule has 156 valence electrons. The molecule has 1 saturated carbocycles. The van der Waals surface area contributed by atoms with Gasteiger partial charge in [0.2, 0.25) is 17.9 Å². The zero-order chi connectivity index (χ0) is 20.6. The minimum absolute atomic E-state index is 0.0165. The largest absolute Gasteiger partial charge is 0.462 e. The maximum Gasteiger partial charge on any atom is 0.341 e. The van der Waals surface area contributed by atoms with Gasteiger partial charge in [-0.05, 0) is 25.3 Å². The van der Waals surface area contributed by atoms with E-state index in [1.54, 1.807) is 6.92 Å². The summed E-state index contributed by atoms with van der Waals surface area (Å²) in [5.41, 5.74) is -2.95. The van der Waals surface area contributed by atoms with E-state index in [1.807, 2.05) is 13.8 Å². The Hall–Kier alpha value is -1.97. The molecule has 7 rings (SSSR count). The molecule has 5 bridgehead atoms. The Kier molecular flexibility index (Phi) is 2.88. The lowest BCUT2D eigenvalue weighted by atomic mass is 9.41. The molecule has 9 heteroatoms. The molecule has 5 saturated heterocycles. The minimum Gasteiger partial charge on any atom is -0.462 e. The molecular formula is C20H22O9. The monoisotopic (exact) mass is 406 g/mol. The minimum atomic E-state index is -1.60. The Bertz CT molecular complexity index is 927. The van der Waals surface area contributed by atoms with Crippen LogP contribution in [0.5, 0.6) is 0 Å². The van der Waals surface area contributed by atoms with Gasteiger partial charge >= 0.3 is 17.9 Å². The molecule has 8 atom stereocenters. The van der Waals surface area contributed by atoms with Gasteiger partial charge in [-0.25, -0.2) is 4.79 Å². The molecule has 0 aromatic carbocycles. The van der Waals surface area contributed by atoms with Gasteiger partial charge in [0.25, 0.3) is 0 Å². The summed E-state index contributed by atoms with van der Waals surface area (Å²) in [6, 6.07) is 0. The van der Waals surface area contributed by atoms with Crippen LogP contribution in [0.4, 0.5) is 0 Å². The first kappa shape index (κ1) is 17.9. The highest BCUT2D eigenvalue weighted by atomic mass is 16.8. The van der Waals surface area contributed by atoms with Crippen molar-refractivity contribution >= 4 is 17.9 Å². The van der Waals surface area contributed by atoms with Crippen LogP contribution in [-0.4, -0.2) is 53.1 Å². The second-order valence-electron chi connectivity index (χ2n) is 9.54. The summed E-state index contributed by atoms with van der Waals surface area (Å²) < 4.78 is 29.4. The van der Waals surface area contributed by atoms with Gasteiger partial charge in [0.05, 0.1) is 22.3 Å². The van der Waals surface area contributed by atoms with Gasteiger partial charge in [-0.1, -0.05) is 13.8 Å². The Balaban J connectivity index is 1.64. The maximum atomic E-state index is 12.9. The van der Waals surface area contributed by atoms with Crippen LogP contribution in [0.15, 0.2) is 11.6 Å². The smallest absolute Gasteiger partial charge is 0.341 e. The van der Waals surface area contributed by atoms with Crippen LogP contribution in [0, 0.1) is 22.7 Å². The lowest BCUT2D eigenvalue weighted by molar-refractivity contribution is -0.538. The van der Waals surface area contributed by atoms with E-state index in [0.717, 1.165) is 0 Å². The van der Waals surface area contributed by atoms with Gasteiger partial charge in [0.1, 0.15) is 12.2 Å². The molecule has 6 fully saturated rings. The number of cyclic esters (lactones) is 2. The SMILES string of the molecule is C[C@@H]1C(=O)O[C@@]23CC[C@@]4(C)C(=O)OC[C@]45O[C@@](C4=C[C@H](O)OC4=O)(C[C@H]1[C@]25C)O3. The second-order valence-corrected chi connectivity index (χ2v) is 9.54. The molecule has 1 spiro atoms. The van der Waals surface area contributed by atoms with E-state index in [-0.39, 0.29) is 42.9 Å². The maximum absolute atomic E-state index is 12.9. The van der Waals surface area contributed by atoms with Crippen molar-refractivity contribution in [3.63, 3.8) is 0 Å². The highest BCUT2D eigenvalue weighted by Gasteiger charge is 2.90. The third-order valence-electron chi connectivity index (χ3n) is 8.64. The highest BCUT2D eigenvalue weighted by Crippen LogP contribution is 2.78. The van der Waals surface area contributed by atoms with Gasteiger partial charge in [-0.2, -0.15) is 0 Å². The number of ether oxygens (including phenoxy) is 5. The molecule has 1 aliphatic carbocycles. The van der Waals surface area contributed by atoms with Crippen LogP contribution in [0.25, 0.3) is 0 Å². The number of hydrogen-bond donors (Lipinski definition) is 1. The second kappa shape index (κ2) is 4.68. The predicted molar refractivity (Wildman–Crippen MR) is 90.3 cm³/mol. The van der Waals surface area contributed by atoms with Crippen molar-refractivity contribution in [1.29, 1.82) is 0 Å². The van der Waals surface area contributed by atoms with E-state index in [0.29, 0.717) is 6.42 Å². The molecule has 6 heterocycles. The molecule has 9 nitrogen and oxygen atoms in total. The van der Waals surface area contributed by atoms with Crippen molar-refractivity contribution in [2.45, 2.75) is 63.5 Å². The Morgan fingerprint density at radius 2 is 1.90 bits per heavy atom. The van der Waals surface area contributed by atoms with Crippen molar-refractivity contribution in [3.05, 3.63) is 11.6 Å². The van der Waals surface area contributed by atoms with Crippen molar-refractivity contribution in [2.75, 3.05) is 6.61 Å². The number of carbonyl (C=O) groups excluding carboxylic acids is 3. The van der Waals surface area contributed by atoms with Crippen LogP contribution in [0.2, 0.25) is 0 Å². The number of rotatable bonds is 1.